The summed E-state index contributed by atoms with van der Waals surface area (Å²) < 4.78 is 2.30. The maximum atomic E-state index is 2.30. The second kappa shape index (κ2) is 2.91. The van der Waals surface area contributed by atoms with E-state index in [0.29, 0.717) is 0 Å². The van der Waals surface area contributed by atoms with Crippen LogP contribution >= 0.6 is 0 Å². The zero-order chi connectivity index (χ0) is 9.42. The van der Waals surface area contributed by atoms with E-state index >= 15 is 0 Å². The molecule has 0 saturated carbocycles. The van der Waals surface area contributed by atoms with Gasteiger partial charge in [0.2, 0.25) is 0 Å². The van der Waals surface area contributed by atoms with Crippen molar-refractivity contribution in [3.8, 4) is 0 Å². The lowest BCUT2D eigenvalue weighted by molar-refractivity contribution is 0.979. The SMILES string of the molecule is CCc1c(C)c(C)c2ccccn12. The van der Waals surface area contributed by atoms with E-state index < -0.39 is 0 Å². The molecular weight excluding hydrogens is 158 g/mol. The van der Waals surface area contributed by atoms with Crippen molar-refractivity contribution >= 4 is 5.52 Å². The van der Waals surface area contributed by atoms with Crippen molar-refractivity contribution in [3.05, 3.63) is 41.2 Å². The number of hydrogen-bond acceptors (Lipinski definition) is 0. The van der Waals surface area contributed by atoms with Gasteiger partial charge in [-0.1, -0.05) is 13.0 Å². The van der Waals surface area contributed by atoms with Crippen LogP contribution < -0.4 is 0 Å². The predicted molar refractivity (Wildman–Crippen MR) is 56.2 cm³/mol. The minimum atomic E-state index is 1.10. The van der Waals surface area contributed by atoms with Crippen LogP contribution in [0.2, 0.25) is 0 Å². The van der Waals surface area contributed by atoms with E-state index in [-0.39, 0.29) is 0 Å². The summed E-state index contributed by atoms with van der Waals surface area (Å²) in [5.41, 5.74) is 5.64. The van der Waals surface area contributed by atoms with Gasteiger partial charge < -0.3 is 4.40 Å². The fourth-order valence-electron chi connectivity index (χ4n) is 2.01. The summed E-state index contributed by atoms with van der Waals surface area (Å²) in [6.45, 7) is 6.62. The minimum Gasteiger partial charge on any atom is -0.320 e. The lowest BCUT2D eigenvalue weighted by Crippen LogP contribution is -1.90. The second-order valence-electron chi connectivity index (χ2n) is 3.51. The molecule has 2 rings (SSSR count). The van der Waals surface area contributed by atoms with E-state index in [1.807, 2.05) is 0 Å². The van der Waals surface area contributed by atoms with Crippen molar-refractivity contribution in [3.63, 3.8) is 0 Å². The van der Waals surface area contributed by atoms with Crippen molar-refractivity contribution in [1.82, 2.24) is 4.40 Å². The normalized spacial score (nSPS) is 11.0. The van der Waals surface area contributed by atoms with Gasteiger partial charge in [0.25, 0.3) is 0 Å². The van der Waals surface area contributed by atoms with Crippen molar-refractivity contribution < 1.29 is 0 Å². The second-order valence-corrected chi connectivity index (χ2v) is 3.51. The first-order chi connectivity index (χ1) is 6.25. The highest BCUT2D eigenvalue weighted by Gasteiger charge is 2.08. The summed E-state index contributed by atoms with van der Waals surface area (Å²) in [6, 6.07) is 6.37. The molecule has 2 aromatic rings. The Labute approximate surface area is 79.0 Å². The third kappa shape index (κ3) is 1.07. The van der Waals surface area contributed by atoms with Crippen LogP contribution in [0.3, 0.4) is 0 Å². The Morgan fingerprint density at radius 1 is 1.15 bits per heavy atom. The molecule has 0 aliphatic rings. The van der Waals surface area contributed by atoms with Crippen LogP contribution in [0.25, 0.3) is 5.52 Å². The van der Waals surface area contributed by atoms with Crippen molar-refractivity contribution in [1.29, 1.82) is 0 Å². The van der Waals surface area contributed by atoms with Gasteiger partial charge >= 0.3 is 0 Å². The molecule has 68 valence electrons. The van der Waals surface area contributed by atoms with E-state index in [0.717, 1.165) is 6.42 Å². The number of aromatic nitrogens is 1. The molecule has 13 heavy (non-hydrogen) atoms. The highest BCUT2D eigenvalue weighted by atomic mass is 14.9. The quantitative estimate of drug-likeness (QED) is 0.624. The molecule has 0 amide bonds. The molecule has 0 aliphatic heterocycles. The lowest BCUT2D eigenvalue weighted by atomic mass is 10.1. The monoisotopic (exact) mass is 173 g/mol. The number of aryl methyl sites for hydroxylation is 2. The molecule has 0 aliphatic carbocycles. The number of hydrogen-bond donors (Lipinski definition) is 0. The largest absolute Gasteiger partial charge is 0.320 e. The first-order valence-corrected chi connectivity index (χ1v) is 4.80. The molecule has 0 spiro atoms. The average Bonchev–Trinajstić information content (AvgIpc) is 2.41. The van der Waals surface area contributed by atoms with Gasteiger partial charge in [-0.3, -0.25) is 0 Å². The number of nitrogens with zero attached hydrogens (tertiary/aromatic N) is 1. The smallest absolute Gasteiger partial charge is 0.0484 e. The van der Waals surface area contributed by atoms with Crippen LogP contribution in [0.5, 0.6) is 0 Å². The predicted octanol–water partition coefficient (Wildman–Crippen LogP) is 3.12. The van der Waals surface area contributed by atoms with Crippen molar-refractivity contribution in [2.75, 3.05) is 0 Å². The summed E-state index contributed by atoms with van der Waals surface area (Å²) >= 11 is 0. The van der Waals surface area contributed by atoms with E-state index in [1.165, 1.54) is 22.3 Å². The van der Waals surface area contributed by atoms with Crippen molar-refractivity contribution in [2.45, 2.75) is 27.2 Å². The topological polar surface area (TPSA) is 4.41 Å². The molecule has 2 aromatic heterocycles. The maximum Gasteiger partial charge on any atom is 0.0484 e. The maximum absolute atomic E-state index is 2.30. The summed E-state index contributed by atoms with van der Waals surface area (Å²) in [5.74, 6) is 0. The van der Waals surface area contributed by atoms with Crippen LogP contribution in [0.4, 0.5) is 0 Å². The van der Waals surface area contributed by atoms with Gasteiger partial charge in [-0.15, -0.1) is 0 Å². The van der Waals surface area contributed by atoms with Gasteiger partial charge in [0.1, 0.15) is 0 Å². The molecular formula is C12H15N. The van der Waals surface area contributed by atoms with Crippen LogP contribution in [-0.4, -0.2) is 4.40 Å². The molecule has 0 radical (unpaired) electrons. The van der Waals surface area contributed by atoms with E-state index in [1.54, 1.807) is 0 Å². The minimum absolute atomic E-state index is 1.10. The Bertz CT molecular complexity index is 438. The first-order valence-electron chi connectivity index (χ1n) is 4.80. The zero-order valence-electron chi connectivity index (χ0n) is 8.46. The standard InChI is InChI=1S/C12H15N/c1-4-11-9(2)10(3)12-7-5-6-8-13(11)12/h5-8H,4H2,1-3H3. The third-order valence-electron chi connectivity index (χ3n) is 2.87. The Morgan fingerprint density at radius 3 is 2.62 bits per heavy atom. The molecule has 1 nitrogen and oxygen atoms in total. The fourth-order valence-corrected chi connectivity index (χ4v) is 2.01. The summed E-state index contributed by atoms with van der Waals surface area (Å²) in [4.78, 5) is 0. The Balaban J connectivity index is 2.90. The molecule has 0 atom stereocenters. The Morgan fingerprint density at radius 2 is 1.92 bits per heavy atom. The molecule has 0 bridgehead atoms. The molecule has 0 aromatic carbocycles. The number of pyridine rings is 1. The van der Waals surface area contributed by atoms with Gasteiger partial charge in [-0.25, -0.2) is 0 Å². The van der Waals surface area contributed by atoms with Crippen LogP contribution in [-0.2, 0) is 6.42 Å². The van der Waals surface area contributed by atoms with E-state index in [9.17, 15) is 0 Å². The van der Waals surface area contributed by atoms with Crippen molar-refractivity contribution in [2.24, 2.45) is 0 Å². The molecule has 0 fully saturated rings. The van der Waals surface area contributed by atoms with Crippen LogP contribution in [0, 0.1) is 13.8 Å². The van der Waals surface area contributed by atoms with Gasteiger partial charge in [0.05, 0.1) is 0 Å². The average molecular weight is 173 g/mol. The molecule has 0 N–H and O–H groups in total. The van der Waals surface area contributed by atoms with Crippen LogP contribution in [0.15, 0.2) is 24.4 Å². The number of fused-ring (bicyclic) bond motifs is 1. The van der Waals surface area contributed by atoms with Gasteiger partial charge in [-0.2, -0.15) is 0 Å². The highest BCUT2D eigenvalue weighted by Crippen LogP contribution is 2.21. The Hall–Kier alpha value is -1.24. The summed E-state index contributed by atoms with van der Waals surface area (Å²) in [6.07, 6.45) is 3.25. The summed E-state index contributed by atoms with van der Waals surface area (Å²) in [7, 11) is 0. The van der Waals surface area contributed by atoms with Gasteiger partial charge in [0.15, 0.2) is 0 Å². The van der Waals surface area contributed by atoms with Gasteiger partial charge in [-0.05, 0) is 43.5 Å². The zero-order valence-corrected chi connectivity index (χ0v) is 8.46. The Kier molecular flexibility index (Phi) is 1.87. The first kappa shape index (κ1) is 8.36. The highest BCUT2D eigenvalue weighted by molar-refractivity contribution is 5.60. The lowest BCUT2D eigenvalue weighted by Gasteiger charge is -1.99. The molecule has 0 saturated heterocycles. The van der Waals surface area contributed by atoms with E-state index in [4.69, 9.17) is 0 Å². The number of rotatable bonds is 1. The third-order valence-corrected chi connectivity index (χ3v) is 2.87. The molecule has 2 heterocycles. The molecule has 0 unspecified atom stereocenters. The van der Waals surface area contributed by atoms with Crippen LogP contribution in [0.1, 0.15) is 23.7 Å². The van der Waals surface area contributed by atoms with E-state index in [2.05, 4.69) is 49.6 Å². The van der Waals surface area contributed by atoms with Gasteiger partial charge in [0, 0.05) is 17.4 Å². The molecule has 1 heteroatoms. The summed E-state index contributed by atoms with van der Waals surface area (Å²) in [5, 5.41) is 0. The fraction of sp³-hybridized carbons (Fsp3) is 0.333.